The van der Waals surface area contributed by atoms with Gasteiger partial charge in [-0.3, -0.25) is 4.79 Å². The van der Waals surface area contributed by atoms with Crippen molar-refractivity contribution >= 4 is 5.91 Å². The predicted octanol–water partition coefficient (Wildman–Crippen LogP) is 6.96. The first-order valence-corrected chi connectivity index (χ1v) is 12.6. The molecule has 6 nitrogen and oxygen atoms in total. The molecule has 0 saturated carbocycles. The molecule has 4 aromatic carbocycles. The molecule has 0 unspecified atom stereocenters. The Bertz CT molecular complexity index is 1550. The fourth-order valence-electron chi connectivity index (χ4n) is 4.34. The monoisotopic (exact) mass is 521 g/mol. The molecule has 0 spiro atoms. The number of nitrogens with zero attached hydrogens (tertiary/aromatic N) is 3. The van der Waals surface area contributed by atoms with E-state index in [1.807, 2.05) is 79.7 Å². The number of aromatic nitrogens is 2. The second-order valence-corrected chi connectivity index (χ2v) is 9.02. The minimum atomic E-state index is -0.327. The van der Waals surface area contributed by atoms with Crippen LogP contribution >= 0.6 is 0 Å². The van der Waals surface area contributed by atoms with Crippen LogP contribution in [0.25, 0.3) is 5.69 Å². The summed E-state index contributed by atoms with van der Waals surface area (Å²) in [7, 11) is 1.59. The number of aryl methyl sites for hydroxylation is 1. The minimum absolute atomic E-state index is 0.157. The van der Waals surface area contributed by atoms with E-state index in [1.54, 1.807) is 41.0 Å². The van der Waals surface area contributed by atoms with E-state index >= 15 is 0 Å². The van der Waals surface area contributed by atoms with Gasteiger partial charge in [-0.15, -0.1) is 0 Å². The van der Waals surface area contributed by atoms with E-state index in [9.17, 15) is 9.18 Å². The Balaban J connectivity index is 1.59. The van der Waals surface area contributed by atoms with E-state index in [0.29, 0.717) is 28.6 Å². The number of carbonyl (C=O) groups is 1. The standard InChI is InChI=1S/C32H28FN3O3/c1-23-28(22-35(21-24-17-19-26(33)20-18-24)31(37)25-11-5-3-6-12-25)32(36(34-23)27-13-7-4-8-14-27)39-30-16-10-9-15-29(30)38-2/h3-20H,21-22H2,1-2H3. The summed E-state index contributed by atoms with van der Waals surface area (Å²) in [5.41, 5.74) is 3.64. The topological polar surface area (TPSA) is 56.6 Å². The zero-order valence-corrected chi connectivity index (χ0v) is 21.8. The van der Waals surface area contributed by atoms with Crippen molar-refractivity contribution in [3.63, 3.8) is 0 Å². The lowest BCUT2D eigenvalue weighted by Gasteiger charge is -2.24. The van der Waals surface area contributed by atoms with Crippen LogP contribution < -0.4 is 9.47 Å². The normalized spacial score (nSPS) is 10.7. The van der Waals surface area contributed by atoms with Gasteiger partial charge < -0.3 is 14.4 Å². The molecular weight excluding hydrogens is 493 g/mol. The number of rotatable bonds is 9. The van der Waals surface area contributed by atoms with Gasteiger partial charge in [-0.05, 0) is 61.0 Å². The van der Waals surface area contributed by atoms with Crippen LogP contribution in [0.2, 0.25) is 0 Å². The molecule has 0 aliphatic heterocycles. The average molecular weight is 522 g/mol. The summed E-state index contributed by atoms with van der Waals surface area (Å²) in [6, 6.07) is 32.3. The molecule has 0 atom stereocenters. The van der Waals surface area contributed by atoms with Crippen molar-refractivity contribution in [1.29, 1.82) is 0 Å². The first kappa shape index (κ1) is 25.7. The molecule has 39 heavy (non-hydrogen) atoms. The Morgan fingerprint density at radius 2 is 1.44 bits per heavy atom. The summed E-state index contributed by atoms with van der Waals surface area (Å²) in [5, 5.41) is 4.80. The number of hydrogen-bond acceptors (Lipinski definition) is 4. The third-order valence-electron chi connectivity index (χ3n) is 6.36. The number of amides is 1. The van der Waals surface area contributed by atoms with Crippen molar-refractivity contribution in [3.05, 3.63) is 137 Å². The number of halogens is 1. The van der Waals surface area contributed by atoms with Crippen LogP contribution in [0.3, 0.4) is 0 Å². The fraction of sp³-hybridized carbons (Fsp3) is 0.125. The van der Waals surface area contributed by atoms with Crippen LogP contribution in [0.1, 0.15) is 27.2 Å². The lowest BCUT2D eigenvalue weighted by atomic mass is 10.1. The molecule has 0 aliphatic carbocycles. The van der Waals surface area contributed by atoms with Gasteiger partial charge in [0, 0.05) is 12.1 Å². The number of para-hydroxylation sites is 3. The van der Waals surface area contributed by atoms with Crippen molar-refractivity contribution < 1.29 is 18.7 Å². The predicted molar refractivity (Wildman–Crippen MR) is 148 cm³/mol. The van der Waals surface area contributed by atoms with Crippen molar-refractivity contribution in [2.45, 2.75) is 20.0 Å². The maximum atomic E-state index is 13.7. The molecule has 1 heterocycles. The number of methoxy groups -OCH3 is 1. The molecule has 0 fully saturated rings. The maximum Gasteiger partial charge on any atom is 0.254 e. The highest BCUT2D eigenvalue weighted by molar-refractivity contribution is 5.94. The highest BCUT2D eigenvalue weighted by Crippen LogP contribution is 2.36. The summed E-state index contributed by atoms with van der Waals surface area (Å²) in [4.78, 5) is 15.5. The van der Waals surface area contributed by atoms with Crippen LogP contribution in [0.15, 0.2) is 109 Å². The second kappa shape index (κ2) is 11.6. The second-order valence-electron chi connectivity index (χ2n) is 9.02. The Morgan fingerprint density at radius 3 is 2.10 bits per heavy atom. The quantitative estimate of drug-likeness (QED) is 0.210. The number of ether oxygens (including phenoxy) is 2. The smallest absolute Gasteiger partial charge is 0.254 e. The van der Waals surface area contributed by atoms with Crippen LogP contribution in [-0.4, -0.2) is 27.7 Å². The van der Waals surface area contributed by atoms with Crippen LogP contribution in [-0.2, 0) is 13.1 Å². The van der Waals surface area contributed by atoms with Crippen molar-refractivity contribution in [1.82, 2.24) is 14.7 Å². The lowest BCUT2D eigenvalue weighted by molar-refractivity contribution is 0.0729. The van der Waals surface area contributed by atoms with Gasteiger partial charge in [0.05, 0.1) is 30.6 Å². The van der Waals surface area contributed by atoms with Crippen LogP contribution in [0, 0.1) is 12.7 Å². The summed E-state index contributed by atoms with van der Waals surface area (Å²) in [6.45, 7) is 2.39. The number of benzene rings is 4. The first-order valence-electron chi connectivity index (χ1n) is 12.6. The van der Waals surface area contributed by atoms with E-state index in [4.69, 9.17) is 14.6 Å². The molecule has 5 aromatic rings. The van der Waals surface area contributed by atoms with Gasteiger partial charge in [-0.1, -0.05) is 60.7 Å². The third-order valence-corrected chi connectivity index (χ3v) is 6.36. The molecule has 5 rings (SSSR count). The Labute approximate surface area is 226 Å². The van der Waals surface area contributed by atoms with E-state index < -0.39 is 0 Å². The molecule has 0 N–H and O–H groups in total. The van der Waals surface area contributed by atoms with Crippen LogP contribution in [0.5, 0.6) is 17.4 Å². The molecule has 1 aromatic heterocycles. The van der Waals surface area contributed by atoms with E-state index in [2.05, 4.69) is 0 Å². The van der Waals surface area contributed by atoms with Gasteiger partial charge in [0.25, 0.3) is 5.91 Å². The molecule has 7 heteroatoms. The van der Waals surface area contributed by atoms with Crippen molar-refractivity contribution in [3.8, 4) is 23.1 Å². The summed E-state index contributed by atoms with van der Waals surface area (Å²) in [6.07, 6.45) is 0. The lowest BCUT2D eigenvalue weighted by Crippen LogP contribution is -2.30. The molecule has 196 valence electrons. The summed E-state index contributed by atoms with van der Waals surface area (Å²) in [5.74, 6) is 1.10. The van der Waals surface area contributed by atoms with Crippen molar-refractivity contribution in [2.75, 3.05) is 7.11 Å². The van der Waals surface area contributed by atoms with E-state index in [0.717, 1.165) is 16.8 Å². The SMILES string of the molecule is COc1ccccc1Oc1c(CN(Cc2ccc(F)cc2)C(=O)c2ccccc2)c(C)nn1-c1ccccc1. The van der Waals surface area contributed by atoms with Gasteiger partial charge in [0.2, 0.25) is 5.88 Å². The molecular formula is C32H28FN3O3. The largest absolute Gasteiger partial charge is 0.493 e. The van der Waals surface area contributed by atoms with E-state index in [1.165, 1.54) is 12.1 Å². The number of hydrogen-bond donors (Lipinski definition) is 0. The Morgan fingerprint density at radius 1 is 0.821 bits per heavy atom. The summed E-state index contributed by atoms with van der Waals surface area (Å²) >= 11 is 0. The molecule has 0 radical (unpaired) electrons. The first-order chi connectivity index (χ1) is 19.0. The summed E-state index contributed by atoms with van der Waals surface area (Å²) < 4.78 is 27.4. The molecule has 0 saturated heterocycles. The minimum Gasteiger partial charge on any atom is -0.493 e. The number of carbonyl (C=O) groups excluding carboxylic acids is 1. The Kier molecular flexibility index (Phi) is 7.68. The zero-order valence-electron chi connectivity index (χ0n) is 21.8. The van der Waals surface area contributed by atoms with Crippen molar-refractivity contribution in [2.24, 2.45) is 0 Å². The highest BCUT2D eigenvalue weighted by Gasteiger charge is 2.25. The molecule has 0 bridgehead atoms. The third kappa shape index (κ3) is 5.83. The maximum absolute atomic E-state index is 13.7. The zero-order chi connectivity index (χ0) is 27.2. The van der Waals surface area contributed by atoms with Gasteiger partial charge in [-0.2, -0.15) is 5.10 Å². The van der Waals surface area contributed by atoms with Gasteiger partial charge in [-0.25, -0.2) is 9.07 Å². The highest BCUT2D eigenvalue weighted by atomic mass is 19.1. The van der Waals surface area contributed by atoms with Crippen LogP contribution in [0.4, 0.5) is 4.39 Å². The van der Waals surface area contributed by atoms with Gasteiger partial charge in [0.15, 0.2) is 11.5 Å². The fourth-order valence-corrected chi connectivity index (χ4v) is 4.34. The average Bonchev–Trinajstić information content (AvgIpc) is 3.28. The van der Waals surface area contributed by atoms with E-state index in [-0.39, 0.29) is 24.8 Å². The Hall–Kier alpha value is -4.91. The van der Waals surface area contributed by atoms with Gasteiger partial charge in [0.1, 0.15) is 5.82 Å². The van der Waals surface area contributed by atoms with Gasteiger partial charge >= 0.3 is 0 Å². The molecule has 1 amide bonds. The molecule has 0 aliphatic rings.